The standard InChI is InChI=1S/C13H15N5S/c1-9(11-7-14-8-19-11)15-10(2)13-17-16-12-5-3-4-6-18(12)13/h3-10,15H,1-2H3. The molecule has 5 nitrogen and oxygen atoms in total. The molecule has 0 aromatic carbocycles. The van der Waals surface area contributed by atoms with Crippen LogP contribution in [0.3, 0.4) is 0 Å². The number of hydrogen-bond acceptors (Lipinski definition) is 5. The molecular weight excluding hydrogens is 258 g/mol. The maximum Gasteiger partial charge on any atom is 0.160 e. The third-order valence-electron chi connectivity index (χ3n) is 3.11. The molecular formula is C13H15N5S. The van der Waals surface area contributed by atoms with Crippen molar-refractivity contribution in [2.75, 3.05) is 0 Å². The molecule has 0 saturated heterocycles. The summed E-state index contributed by atoms with van der Waals surface area (Å²) in [7, 11) is 0. The van der Waals surface area contributed by atoms with Gasteiger partial charge in [-0.05, 0) is 26.0 Å². The predicted molar refractivity (Wildman–Crippen MR) is 75.1 cm³/mol. The lowest BCUT2D eigenvalue weighted by Gasteiger charge is -2.17. The minimum atomic E-state index is 0.120. The third-order valence-corrected chi connectivity index (χ3v) is 4.06. The van der Waals surface area contributed by atoms with Crippen molar-refractivity contribution < 1.29 is 0 Å². The second-order valence-corrected chi connectivity index (χ2v) is 5.42. The predicted octanol–water partition coefficient (Wildman–Crippen LogP) is 2.60. The molecule has 0 fully saturated rings. The maximum absolute atomic E-state index is 4.27. The molecule has 98 valence electrons. The Morgan fingerprint density at radius 1 is 1.21 bits per heavy atom. The Kier molecular flexibility index (Phi) is 3.27. The molecule has 1 N–H and O–H groups in total. The summed E-state index contributed by atoms with van der Waals surface area (Å²) in [5, 5.41) is 12.0. The van der Waals surface area contributed by atoms with Crippen LogP contribution in [-0.4, -0.2) is 19.6 Å². The van der Waals surface area contributed by atoms with E-state index in [1.165, 1.54) is 4.88 Å². The first kappa shape index (κ1) is 12.3. The number of aromatic nitrogens is 4. The fraction of sp³-hybridized carbons (Fsp3) is 0.308. The van der Waals surface area contributed by atoms with Gasteiger partial charge in [-0.3, -0.25) is 9.38 Å². The highest BCUT2D eigenvalue weighted by molar-refractivity contribution is 7.09. The third kappa shape index (κ3) is 2.36. The summed E-state index contributed by atoms with van der Waals surface area (Å²) >= 11 is 1.66. The van der Waals surface area contributed by atoms with Crippen LogP contribution in [0.25, 0.3) is 5.65 Å². The molecule has 0 aliphatic carbocycles. The first-order chi connectivity index (χ1) is 9.25. The smallest absolute Gasteiger partial charge is 0.160 e. The largest absolute Gasteiger partial charge is 0.300 e. The van der Waals surface area contributed by atoms with Crippen LogP contribution in [0.1, 0.15) is 36.6 Å². The average molecular weight is 273 g/mol. The van der Waals surface area contributed by atoms with Crippen LogP contribution in [0.15, 0.2) is 36.1 Å². The number of rotatable bonds is 4. The van der Waals surface area contributed by atoms with E-state index in [0.717, 1.165) is 11.5 Å². The number of pyridine rings is 1. The van der Waals surface area contributed by atoms with E-state index in [0.29, 0.717) is 0 Å². The maximum atomic E-state index is 4.27. The van der Waals surface area contributed by atoms with Gasteiger partial charge < -0.3 is 5.32 Å². The lowest BCUT2D eigenvalue weighted by atomic mass is 10.2. The first-order valence-corrected chi connectivity index (χ1v) is 7.08. The van der Waals surface area contributed by atoms with Gasteiger partial charge in [-0.15, -0.1) is 21.5 Å². The van der Waals surface area contributed by atoms with Gasteiger partial charge in [0, 0.05) is 23.3 Å². The summed E-state index contributed by atoms with van der Waals surface area (Å²) in [5.41, 5.74) is 2.72. The SMILES string of the molecule is CC(NC(C)c1nnc2ccccn12)c1cncs1. The van der Waals surface area contributed by atoms with Crippen molar-refractivity contribution in [3.8, 4) is 0 Å². The molecule has 0 amide bonds. The monoisotopic (exact) mass is 273 g/mol. The van der Waals surface area contributed by atoms with Crippen molar-refractivity contribution in [1.29, 1.82) is 0 Å². The van der Waals surface area contributed by atoms with Gasteiger partial charge in [0.1, 0.15) is 0 Å². The van der Waals surface area contributed by atoms with Gasteiger partial charge in [0.15, 0.2) is 11.5 Å². The highest BCUT2D eigenvalue weighted by Crippen LogP contribution is 2.21. The van der Waals surface area contributed by atoms with Crippen molar-refractivity contribution in [2.45, 2.75) is 25.9 Å². The molecule has 3 heterocycles. The Bertz CT molecular complexity index is 661. The van der Waals surface area contributed by atoms with E-state index in [1.807, 2.05) is 40.5 Å². The molecule has 0 radical (unpaired) electrons. The zero-order valence-corrected chi connectivity index (χ0v) is 11.6. The molecule has 2 atom stereocenters. The summed E-state index contributed by atoms with van der Waals surface area (Å²) in [5.74, 6) is 0.923. The zero-order chi connectivity index (χ0) is 13.2. The average Bonchev–Trinajstić information content (AvgIpc) is 3.08. The number of hydrogen-bond donors (Lipinski definition) is 1. The van der Waals surface area contributed by atoms with Crippen LogP contribution in [0.4, 0.5) is 0 Å². The van der Waals surface area contributed by atoms with E-state index in [1.54, 1.807) is 11.3 Å². The highest BCUT2D eigenvalue weighted by Gasteiger charge is 2.16. The van der Waals surface area contributed by atoms with Crippen LogP contribution < -0.4 is 5.32 Å². The van der Waals surface area contributed by atoms with Gasteiger partial charge >= 0.3 is 0 Å². The summed E-state index contributed by atoms with van der Waals surface area (Å²) in [6, 6.07) is 6.27. The zero-order valence-electron chi connectivity index (χ0n) is 10.8. The topological polar surface area (TPSA) is 55.1 Å². The van der Waals surface area contributed by atoms with Crippen molar-refractivity contribution in [3.05, 3.63) is 46.8 Å². The number of thiazole rings is 1. The molecule has 3 rings (SSSR count). The fourth-order valence-corrected chi connectivity index (χ4v) is 2.76. The van der Waals surface area contributed by atoms with E-state index in [2.05, 4.69) is 34.3 Å². The quantitative estimate of drug-likeness (QED) is 0.794. The summed E-state index contributed by atoms with van der Waals surface area (Å²) in [6.45, 7) is 4.23. The molecule has 0 aliphatic heterocycles. The Morgan fingerprint density at radius 3 is 2.89 bits per heavy atom. The van der Waals surface area contributed by atoms with Crippen LogP contribution >= 0.6 is 11.3 Å². The van der Waals surface area contributed by atoms with Crippen LogP contribution in [0.2, 0.25) is 0 Å². The van der Waals surface area contributed by atoms with Crippen LogP contribution in [-0.2, 0) is 0 Å². The van der Waals surface area contributed by atoms with Crippen LogP contribution in [0.5, 0.6) is 0 Å². The normalized spacial score (nSPS) is 14.6. The number of fused-ring (bicyclic) bond motifs is 1. The molecule has 0 saturated carbocycles. The van der Waals surface area contributed by atoms with Crippen molar-refractivity contribution >= 4 is 17.0 Å². The minimum absolute atomic E-state index is 0.120. The minimum Gasteiger partial charge on any atom is -0.300 e. The van der Waals surface area contributed by atoms with E-state index < -0.39 is 0 Å². The summed E-state index contributed by atoms with van der Waals surface area (Å²) < 4.78 is 2.01. The van der Waals surface area contributed by atoms with Gasteiger partial charge in [-0.25, -0.2) is 0 Å². The molecule has 0 spiro atoms. The second kappa shape index (κ2) is 5.07. The molecule has 0 bridgehead atoms. The molecule has 0 aliphatic rings. The molecule has 19 heavy (non-hydrogen) atoms. The van der Waals surface area contributed by atoms with Gasteiger partial charge in [0.25, 0.3) is 0 Å². The second-order valence-electron chi connectivity index (χ2n) is 4.50. The molecule has 3 aromatic rings. The summed E-state index contributed by atoms with van der Waals surface area (Å²) in [4.78, 5) is 5.33. The van der Waals surface area contributed by atoms with E-state index in [-0.39, 0.29) is 12.1 Å². The molecule has 2 unspecified atom stereocenters. The summed E-state index contributed by atoms with van der Waals surface area (Å²) in [6.07, 6.45) is 3.89. The molecule has 3 aromatic heterocycles. The van der Waals surface area contributed by atoms with Crippen LogP contribution in [0, 0.1) is 0 Å². The number of nitrogens with one attached hydrogen (secondary N) is 1. The Hall–Kier alpha value is -1.79. The van der Waals surface area contributed by atoms with E-state index in [4.69, 9.17) is 0 Å². The van der Waals surface area contributed by atoms with Crippen molar-refractivity contribution in [3.63, 3.8) is 0 Å². The lowest BCUT2D eigenvalue weighted by molar-refractivity contribution is 0.478. The van der Waals surface area contributed by atoms with Crippen molar-refractivity contribution in [1.82, 2.24) is 24.9 Å². The fourth-order valence-electron chi connectivity index (χ4n) is 2.13. The Balaban J connectivity index is 1.82. The van der Waals surface area contributed by atoms with Gasteiger partial charge in [0.05, 0.1) is 11.6 Å². The van der Waals surface area contributed by atoms with E-state index >= 15 is 0 Å². The number of nitrogens with zero attached hydrogens (tertiary/aromatic N) is 4. The van der Waals surface area contributed by atoms with Crippen molar-refractivity contribution in [2.24, 2.45) is 0 Å². The van der Waals surface area contributed by atoms with Gasteiger partial charge in [-0.2, -0.15) is 0 Å². The van der Waals surface area contributed by atoms with Gasteiger partial charge in [0.2, 0.25) is 0 Å². The lowest BCUT2D eigenvalue weighted by Crippen LogP contribution is -2.23. The first-order valence-electron chi connectivity index (χ1n) is 6.20. The highest BCUT2D eigenvalue weighted by atomic mass is 32.1. The van der Waals surface area contributed by atoms with Gasteiger partial charge in [-0.1, -0.05) is 6.07 Å². The Morgan fingerprint density at radius 2 is 2.11 bits per heavy atom. The molecule has 6 heteroatoms. The Labute approximate surface area is 115 Å². The van der Waals surface area contributed by atoms with E-state index in [9.17, 15) is 0 Å².